The highest BCUT2D eigenvalue weighted by atomic mass is 32.1. The maximum absolute atomic E-state index is 10.3. The van der Waals surface area contributed by atoms with Crippen LogP contribution >= 0.6 is 11.5 Å². The average molecular weight is 394 g/mol. The van der Waals surface area contributed by atoms with Gasteiger partial charge in [-0.3, -0.25) is 4.98 Å². The van der Waals surface area contributed by atoms with Crippen LogP contribution in [0.15, 0.2) is 57.1 Å². The van der Waals surface area contributed by atoms with Crippen molar-refractivity contribution in [1.82, 2.24) is 19.1 Å². The molecule has 0 unspecified atom stereocenters. The van der Waals surface area contributed by atoms with Gasteiger partial charge in [0, 0.05) is 30.9 Å². The zero-order chi connectivity index (χ0) is 19.7. The molecule has 10 nitrogen and oxygen atoms in total. The Morgan fingerprint density at radius 3 is 2.46 bits per heavy atom. The van der Waals surface area contributed by atoms with E-state index in [9.17, 15) is 10.2 Å². The van der Waals surface area contributed by atoms with Crippen molar-refractivity contribution in [3.8, 4) is 11.5 Å². The summed E-state index contributed by atoms with van der Waals surface area (Å²) in [4.78, 5) is 4.24. The summed E-state index contributed by atoms with van der Waals surface area (Å²) in [6.45, 7) is 1.55. The Labute approximate surface area is 162 Å². The molecular formula is C17H14N8O2S. The second-order valence-electron chi connectivity index (χ2n) is 5.81. The number of benzene rings is 1. The Morgan fingerprint density at radius 2 is 1.75 bits per heavy atom. The van der Waals surface area contributed by atoms with Gasteiger partial charge in [0.05, 0.1) is 6.20 Å². The van der Waals surface area contributed by atoms with Gasteiger partial charge in [-0.05, 0) is 30.6 Å². The Morgan fingerprint density at radius 1 is 1.00 bits per heavy atom. The van der Waals surface area contributed by atoms with Crippen LogP contribution in [0.25, 0.3) is 11.0 Å². The number of aromatic nitrogens is 4. The van der Waals surface area contributed by atoms with E-state index < -0.39 is 0 Å². The molecule has 28 heavy (non-hydrogen) atoms. The smallest absolute Gasteiger partial charge is 0.184 e. The van der Waals surface area contributed by atoms with Gasteiger partial charge < -0.3 is 10.2 Å². The fourth-order valence-corrected chi connectivity index (χ4v) is 3.07. The molecule has 0 radical (unpaired) electrons. The first-order chi connectivity index (χ1) is 13.5. The molecule has 0 saturated heterocycles. The number of phenols is 2. The van der Waals surface area contributed by atoms with Gasteiger partial charge in [-0.25, -0.2) is 4.68 Å². The minimum absolute atomic E-state index is 0.145. The summed E-state index contributed by atoms with van der Waals surface area (Å²) in [6, 6.07) is 6.70. The van der Waals surface area contributed by atoms with Gasteiger partial charge in [-0.1, -0.05) is 0 Å². The predicted molar refractivity (Wildman–Crippen MR) is 103 cm³/mol. The lowest BCUT2D eigenvalue weighted by atomic mass is 10.1. The fourth-order valence-electron chi connectivity index (χ4n) is 2.42. The molecule has 1 aromatic carbocycles. The monoisotopic (exact) mass is 394 g/mol. The highest BCUT2D eigenvalue weighted by Gasteiger charge is 2.15. The number of nitrogens with zero attached hydrogens (tertiary/aromatic N) is 8. The third-order valence-corrected chi connectivity index (χ3v) is 4.73. The van der Waals surface area contributed by atoms with Gasteiger partial charge in [0.25, 0.3) is 0 Å². The number of pyridine rings is 1. The fraction of sp³-hybridized carbons (Fsp3) is 0.118. The molecular weight excluding hydrogens is 380 g/mol. The number of hydrogen-bond acceptors (Lipinski definition) is 10. The molecule has 3 aromatic heterocycles. The van der Waals surface area contributed by atoms with Crippen LogP contribution in [0.5, 0.6) is 11.5 Å². The number of fused-ring (bicyclic) bond motifs is 1. The summed E-state index contributed by atoms with van der Waals surface area (Å²) in [7, 11) is 1.73. The topological polar surface area (TPSA) is 134 Å². The number of aryl methyl sites for hydroxylation is 1. The molecule has 0 aliphatic heterocycles. The summed E-state index contributed by atoms with van der Waals surface area (Å²) >= 11 is 1.15. The summed E-state index contributed by atoms with van der Waals surface area (Å²) in [5.74, 6) is 0.130. The molecule has 0 fully saturated rings. The lowest BCUT2D eigenvalue weighted by molar-refractivity contribution is 0.444. The van der Waals surface area contributed by atoms with Crippen LogP contribution in [0.2, 0.25) is 0 Å². The Kier molecular flexibility index (Phi) is 4.49. The van der Waals surface area contributed by atoms with Crippen LogP contribution in [0.1, 0.15) is 5.56 Å². The van der Waals surface area contributed by atoms with Crippen molar-refractivity contribution in [2.75, 3.05) is 0 Å². The number of phenolic OH excluding ortho intramolecular Hbond substituents is 2. The van der Waals surface area contributed by atoms with E-state index in [-0.39, 0.29) is 28.4 Å². The molecule has 4 aromatic rings. The van der Waals surface area contributed by atoms with E-state index in [4.69, 9.17) is 0 Å². The quantitative estimate of drug-likeness (QED) is 0.471. The second kappa shape index (κ2) is 7.12. The first-order valence-electron chi connectivity index (χ1n) is 8.12. The molecule has 0 amide bonds. The van der Waals surface area contributed by atoms with Crippen molar-refractivity contribution >= 4 is 44.8 Å². The van der Waals surface area contributed by atoms with Gasteiger partial charge in [-0.15, -0.1) is 20.5 Å². The van der Waals surface area contributed by atoms with E-state index in [1.54, 1.807) is 38.5 Å². The second-order valence-corrected chi connectivity index (χ2v) is 6.56. The minimum Gasteiger partial charge on any atom is -0.505 e. The molecule has 0 aliphatic rings. The van der Waals surface area contributed by atoms with Crippen LogP contribution in [-0.2, 0) is 7.05 Å². The van der Waals surface area contributed by atoms with Gasteiger partial charge in [0.1, 0.15) is 33.9 Å². The number of rotatable bonds is 4. The maximum Gasteiger partial charge on any atom is 0.184 e. The normalized spacial score (nSPS) is 11.9. The van der Waals surface area contributed by atoms with Crippen molar-refractivity contribution < 1.29 is 10.2 Å². The molecule has 0 saturated carbocycles. The molecule has 140 valence electrons. The van der Waals surface area contributed by atoms with Crippen molar-refractivity contribution in [2.45, 2.75) is 6.92 Å². The largest absolute Gasteiger partial charge is 0.505 e. The van der Waals surface area contributed by atoms with E-state index in [2.05, 4.69) is 34.9 Å². The first kappa shape index (κ1) is 17.7. The predicted octanol–water partition coefficient (Wildman–Crippen LogP) is 4.98. The molecule has 0 bridgehead atoms. The molecule has 3 heterocycles. The number of hydrogen-bond donors (Lipinski definition) is 2. The zero-order valence-electron chi connectivity index (χ0n) is 14.8. The molecule has 0 spiro atoms. The van der Waals surface area contributed by atoms with Crippen LogP contribution in [0.4, 0.5) is 22.2 Å². The lowest BCUT2D eigenvalue weighted by Crippen LogP contribution is -1.87. The van der Waals surface area contributed by atoms with Crippen molar-refractivity contribution in [1.29, 1.82) is 0 Å². The number of aromatic hydroxyl groups is 2. The van der Waals surface area contributed by atoms with E-state index in [1.165, 1.54) is 10.7 Å². The van der Waals surface area contributed by atoms with E-state index in [0.29, 0.717) is 16.3 Å². The van der Waals surface area contributed by atoms with Crippen molar-refractivity contribution in [2.24, 2.45) is 27.5 Å². The van der Waals surface area contributed by atoms with Gasteiger partial charge >= 0.3 is 0 Å². The molecule has 0 atom stereocenters. The van der Waals surface area contributed by atoms with Crippen LogP contribution in [-0.4, -0.2) is 29.4 Å². The molecule has 11 heteroatoms. The Hall–Kier alpha value is -3.73. The van der Waals surface area contributed by atoms with Crippen LogP contribution in [0, 0.1) is 6.92 Å². The average Bonchev–Trinajstić information content (AvgIpc) is 3.31. The highest BCUT2D eigenvalue weighted by Crippen LogP contribution is 2.44. The van der Waals surface area contributed by atoms with Crippen LogP contribution < -0.4 is 0 Å². The third-order valence-electron chi connectivity index (χ3n) is 3.99. The van der Waals surface area contributed by atoms with E-state index >= 15 is 0 Å². The summed E-state index contributed by atoms with van der Waals surface area (Å²) in [5, 5.41) is 41.4. The standard InChI is InChI=1S/C17H14N8O2S/c1-9-15(26)11(20-22-13-5-7-19-25(13)2)8-12(16(9)27)21-23-17-14-10(24-28-17)4-3-6-18-14/h3-8,26-27H,1-2H3/b22-20+,23-21+. The lowest BCUT2D eigenvalue weighted by Gasteiger charge is -2.07. The van der Waals surface area contributed by atoms with Gasteiger partial charge in [0.15, 0.2) is 10.8 Å². The summed E-state index contributed by atoms with van der Waals surface area (Å²) in [6.07, 6.45) is 3.23. The number of azo groups is 2. The highest BCUT2D eigenvalue weighted by molar-refractivity contribution is 7.11. The molecule has 4 rings (SSSR count). The Balaban J connectivity index is 1.72. The van der Waals surface area contributed by atoms with Crippen molar-refractivity contribution in [3.63, 3.8) is 0 Å². The van der Waals surface area contributed by atoms with E-state index in [0.717, 1.165) is 17.0 Å². The summed E-state index contributed by atoms with van der Waals surface area (Å²) in [5.41, 5.74) is 1.87. The van der Waals surface area contributed by atoms with Gasteiger partial charge in [0.2, 0.25) is 0 Å². The molecule has 2 N–H and O–H groups in total. The summed E-state index contributed by atoms with van der Waals surface area (Å²) < 4.78 is 5.79. The van der Waals surface area contributed by atoms with Crippen LogP contribution in [0.3, 0.4) is 0 Å². The maximum atomic E-state index is 10.3. The zero-order valence-corrected chi connectivity index (χ0v) is 15.7. The van der Waals surface area contributed by atoms with Crippen molar-refractivity contribution in [3.05, 3.63) is 42.2 Å². The SMILES string of the molecule is Cc1c(O)c(/N=N/c2snc3cccnc23)cc(/N=N/c2ccnn2C)c1O. The molecule has 0 aliphatic carbocycles. The van der Waals surface area contributed by atoms with Gasteiger partial charge in [-0.2, -0.15) is 9.47 Å². The first-order valence-corrected chi connectivity index (χ1v) is 8.89. The Bertz CT molecular complexity index is 1230. The minimum atomic E-state index is -0.192. The van der Waals surface area contributed by atoms with E-state index in [1.807, 2.05) is 6.07 Å². The third kappa shape index (κ3) is 3.18.